The number of ether oxygens (including phenoxy) is 1. The molecule has 1 atom stereocenters. The Bertz CT molecular complexity index is 552. The van der Waals surface area contributed by atoms with Crippen LogP contribution in [0.5, 0.6) is 0 Å². The number of nitrogens with one attached hydrogen (secondary N) is 1. The lowest BCUT2D eigenvalue weighted by Gasteiger charge is -2.25. The maximum Gasteiger partial charge on any atom is 0.150 e. The predicted molar refractivity (Wildman–Crippen MR) is 71.6 cm³/mol. The summed E-state index contributed by atoms with van der Waals surface area (Å²) in [6.07, 6.45) is 2.73. The molecular formula is C14H18N4O. The zero-order valence-corrected chi connectivity index (χ0v) is 11.0. The fraction of sp³-hybridized carbons (Fsp3) is 0.429. The smallest absolute Gasteiger partial charge is 0.150 e. The first-order valence-corrected chi connectivity index (χ1v) is 6.55. The van der Waals surface area contributed by atoms with Crippen LogP contribution >= 0.6 is 0 Å². The first-order chi connectivity index (χ1) is 9.38. The van der Waals surface area contributed by atoms with Crippen molar-refractivity contribution < 1.29 is 4.74 Å². The minimum Gasteiger partial charge on any atom is -0.383 e. The zero-order valence-electron chi connectivity index (χ0n) is 11.0. The van der Waals surface area contributed by atoms with Gasteiger partial charge in [0.1, 0.15) is 12.2 Å². The van der Waals surface area contributed by atoms with Crippen LogP contribution in [0, 0.1) is 0 Å². The topological polar surface area (TPSA) is 52.0 Å². The van der Waals surface area contributed by atoms with Gasteiger partial charge in [-0.25, -0.2) is 0 Å². The third kappa shape index (κ3) is 2.52. The van der Waals surface area contributed by atoms with E-state index in [9.17, 15) is 0 Å². The maximum atomic E-state index is 5.12. The molecule has 1 aromatic heterocycles. The molecule has 0 unspecified atom stereocenters. The minimum absolute atomic E-state index is 0.231. The molecule has 0 fully saturated rings. The summed E-state index contributed by atoms with van der Waals surface area (Å²) >= 11 is 0. The van der Waals surface area contributed by atoms with Crippen LogP contribution in [-0.4, -0.2) is 28.5 Å². The molecule has 0 spiro atoms. The fourth-order valence-electron chi connectivity index (χ4n) is 2.53. The van der Waals surface area contributed by atoms with Crippen LogP contribution in [0.15, 0.2) is 30.6 Å². The van der Waals surface area contributed by atoms with Crippen LogP contribution in [0.2, 0.25) is 0 Å². The number of nitrogens with zero attached hydrogens (tertiary/aromatic N) is 3. The SMILES string of the molecule is COCCn1cnnc1[C@H]1Cc2ccccc2CN1. The van der Waals surface area contributed by atoms with Crippen LogP contribution < -0.4 is 5.32 Å². The molecule has 1 aromatic carbocycles. The Morgan fingerprint density at radius 3 is 3.05 bits per heavy atom. The first-order valence-electron chi connectivity index (χ1n) is 6.55. The van der Waals surface area contributed by atoms with Gasteiger partial charge in [-0.1, -0.05) is 24.3 Å². The molecule has 1 N–H and O–H groups in total. The second-order valence-electron chi connectivity index (χ2n) is 4.78. The van der Waals surface area contributed by atoms with Crippen molar-refractivity contribution in [2.24, 2.45) is 0 Å². The molecule has 0 radical (unpaired) electrons. The van der Waals surface area contributed by atoms with Crippen LogP contribution in [0.1, 0.15) is 23.0 Å². The van der Waals surface area contributed by atoms with E-state index in [1.54, 1.807) is 13.4 Å². The van der Waals surface area contributed by atoms with Crippen molar-refractivity contribution in [1.82, 2.24) is 20.1 Å². The Balaban J connectivity index is 1.79. The van der Waals surface area contributed by atoms with Gasteiger partial charge in [0, 0.05) is 20.2 Å². The van der Waals surface area contributed by atoms with E-state index in [1.807, 2.05) is 0 Å². The van der Waals surface area contributed by atoms with E-state index in [4.69, 9.17) is 4.74 Å². The van der Waals surface area contributed by atoms with Gasteiger partial charge < -0.3 is 14.6 Å². The standard InChI is InChI=1S/C14H18N4O/c1-19-7-6-18-10-16-17-14(18)13-8-11-4-2-3-5-12(11)9-15-13/h2-5,10,13,15H,6-9H2,1H3/t13-/m1/s1. The lowest BCUT2D eigenvalue weighted by molar-refractivity contribution is 0.185. The van der Waals surface area contributed by atoms with E-state index in [-0.39, 0.29) is 6.04 Å². The molecule has 5 nitrogen and oxygen atoms in total. The average Bonchev–Trinajstić information content (AvgIpc) is 2.93. The molecule has 0 bridgehead atoms. The van der Waals surface area contributed by atoms with E-state index in [0.29, 0.717) is 6.61 Å². The summed E-state index contributed by atoms with van der Waals surface area (Å²) < 4.78 is 7.18. The van der Waals surface area contributed by atoms with Gasteiger partial charge in [-0.05, 0) is 17.5 Å². The number of rotatable bonds is 4. The van der Waals surface area contributed by atoms with Gasteiger partial charge in [-0.15, -0.1) is 10.2 Å². The van der Waals surface area contributed by atoms with E-state index in [2.05, 4.69) is 44.3 Å². The Labute approximate surface area is 112 Å². The number of hydrogen-bond acceptors (Lipinski definition) is 4. The Hall–Kier alpha value is -1.72. The van der Waals surface area contributed by atoms with E-state index >= 15 is 0 Å². The number of fused-ring (bicyclic) bond motifs is 1. The van der Waals surface area contributed by atoms with Crippen molar-refractivity contribution in [2.45, 2.75) is 25.6 Å². The summed E-state index contributed by atoms with van der Waals surface area (Å²) in [4.78, 5) is 0. The highest BCUT2D eigenvalue weighted by Gasteiger charge is 2.23. The summed E-state index contributed by atoms with van der Waals surface area (Å²) in [6.45, 7) is 2.35. The molecule has 0 saturated carbocycles. The highest BCUT2D eigenvalue weighted by molar-refractivity contribution is 5.30. The maximum absolute atomic E-state index is 5.12. The lowest BCUT2D eigenvalue weighted by atomic mass is 9.95. The summed E-state index contributed by atoms with van der Waals surface area (Å²) in [5.41, 5.74) is 2.77. The van der Waals surface area contributed by atoms with Crippen LogP contribution in [0.3, 0.4) is 0 Å². The summed E-state index contributed by atoms with van der Waals surface area (Å²) in [5, 5.41) is 11.8. The van der Waals surface area contributed by atoms with E-state index in [1.165, 1.54) is 11.1 Å². The normalized spacial score (nSPS) is 18.3. The van der Waals surface area contributed by atoms with Gasteiger partial charge >= 0.3 is 0 Å². The van der Waals surface area contributed by atoms with Crippen LogP contribution in [0.4, 0.5) is 0 Å². The number of methoxy groups -OCH3 is 1. The minimum atomic E-state index is 0.231. The number of benzene rings is 1. The third-order valence-corrected chi connectivity index (χ3v) is 3.57. The Kier molecular flexibility index (Phi) is 3.57. The van der Waals surface area contributed by atoms with Gasteiger partial charge in [-0.3, -0.25) is 0 Å². The Morgan fingerprint density at radius 1 is 1.37 bits per heavy atom. The van der Waals surface area contributed by atoms with Crippen molar-refractivity contribution >= 4 is 0 Å². The summed E-state index contributed by atoms with van der Waals surface area (Å²) in [6, 6.07) is 8.78. The zero-order chi connectivity index (χ0) is 13.1. The Morgan fingerprint density at radius 2 is 2.21 bits per heavy atom. The van der Waals surface area contributed by atoms with Crippen molar-refractivity contribution in [3.8, 4) is 0 Å². The summed E-state index contributed by atoms with van der Waals surface area (Å²) in [5.74, 6) is 0.992. The van der Waals surface area contributed by atoms with E-state index in [0.717, 1.165) is 25.3 Å². The highest BCUT2D eigenvalue weighted by atomic mass is 16.5. The number of aromatic nitrogens is 3. The number of hydrogen-bond donors (Lipinski definition) is 1. The van der Waals surface area contributed by atoms with E-state index < -0.39 is 0 Å². The van der Waals surface area contributed by atoms with Crippen LogP contribution in [-0.2, 0) is 24.2 Å². The van der Waals surface area contributed by atoms with Gasteiger partial charge in [0.05, 0.1) is 12.6 Å². The van der Waals surface area contributed by atoms with Crippen molar-refractivity contribution in [1.29, 1.82) is 0 Å². The molecule has 19 heavy (non-hydrogen) atoms. The lowest BCUT2D eigenvalue weighted by Crippen LogP contribution is -2.31. The molecule has 1 aliphatic rings. The van der Waals surface area contributed by atoms with Gasteiger partial charge in [0.15, 0.2) is 0 Å². The fourth-order valence-corrected chi connectivity index (χ4v) is 2.53. The molecule has 0 amide bonds. The van der Waals surface area contributed by atoms with Gasteiger partial charge in [0.2, 0.25) is 0 Å². The molecule has 0 saturated heterocycles. The van der Waals surface area contributed by atoms with Gasteiger partial charge in [0.25, 0.3) is 0 Å². The van der Waals surface area contributed by atoms with Gasteiger partial charge in [-0.2, -0.15) is 0 Å². The third-order valence-electron chi connectivity index (χ3n) is 3.57. The average molecular weight is 258 g/mol. The van der Waals surface area contributed by atoms with Crippen molar-refractivity contribution in [3.63, 3.8) is 0 Å². The molecular weight excluding hydrogens is 240 g/mol. The monoisotopic (exact) mass is 258 g/mol. The predicted octanol–water partition coefficient (Wildman–Crippen LogP) is 1.31. The molecule has 1 aliphatic heterocycles. The van der Waals surface area contributed by atoms with Crippen molar-refractivity contribution in [2.75, 3.05) is 13.7 Å². The quantitative estimate of drug-likeness (QED) is 0.898. The molecule has 5 heteroatoms. The molecule has 3 rings (SSSR count). The first kappa shape index (κ1) is 12.3. The second-order valence-corrected chi connectivity index (χ2v) is 4.78. The molecule has 2 heterocycles. The largest absolute Gasteiger partial charge is 0.383 e. The highest BCUT2D eigenvalue weighted by Crippen LogP contribution is 2.24. The van der Waals surface area contributed by atoms with Crippen LogP contribution in [0.25, 0.3) is 0 Å². The summed E-state index contributed by atoms with van der Waals surface area (Å²) in [7, 11) is 1.71. The molecule has 0 aliphatic carbocycles. The molecule has 100 valence electrons. The molecule has 2 aromatic rings. The van der Waals surface area contributed by atoms with Crippen molar-refractivity contribution in [3.05, 3.63) is 47.5 Å². The second kappa shape index (κ2) is 5.50.